The van der Waals surface area contributed by atoms with Gasteiger partial charge in [-0.15, -0.1) is 0 Å². The van der Waals surface area contributed by atoms with Crippen molar-refractivity contribution in [2.45, 2.75) is 39.4 Å². The van der Waals surface area contributed by atoms with E-state index in [1.54, 1.807) is 26.4 Å². The van der Waals surface area contributed by atoms with E-state index < -0.39 is 5.60 Å². The molecular weight excluding hydrogens is 364 g/mol. The normalized spacial score (nSPS) is 11.9. The van der Waals surface area contributed by atoms with Crippen LogP contribution in [0.1, 0.15) is 33.3 Å². The molecule has 4 rings (SSSR count). The van der Waals surface area contributed by atoms with Gasteiger partial charge in [-0.05, 0) is 57.5 Å². The van der Waals surface area contributed by atoms with Crippen molar-refractivity contribution in [1.82, 2.24) is 19.5 Å². The highest BCUT2D eigenvalue weighted by Crippen LogP contribution is 2.25. The maximum absolute atomic E-state index is 10.1. The second-order valence-electron chi connectivity index (χ2n) is 7.81. The highest BCUT2D eigenvalue weighted by Gasteiger charge is 2.16. The molecule has 6 nitrogen and oxygen atoms in total. The molecular formula is C23H24N4O2. The molecule has 0 atom stereocenters. The molecule has 0 spiro atoms. The van der Waals surface area contributed by atoms with Gasteiger partial charge in [0.25, 0.3) is 0 Å². The summed E-state index contributed by atoms with van der Waals surface area (Å²) in [5.41, 5.74) is 3.26. The predicted molar refractivity (Wildman–Crippen MR) is 113 cm³/mol. The number of nitrogens with zero attached hydrogens (tertiary/aromatic N) is 4. The second-order valence-corrected chi connectivity index (χ2v) is 7.81. The van der Waals surface area contributed by atoms with E-state index in [2.05, 4.69) is 9.97 Å². The van der Waals surface area contributed by atoms with Crippen molar-refractivity contribution in [3.63, 3.8) is 0 Å². The molecule has 0 amide bonds. The highest BCUT2D eigenvalue weighted by atomic mass is 16.5. The van der Waals surface area contributed by atoms with Crippen molar-refractivity contribution >= 4 is 11.2 Å². The first kappa shape index (κ1) is 19.1. The van der Waals surface area contributed by atoms with Crippen LogP contribution in [0.25, 0.3) is 28.2 Å². The Kier molecular flexibility index (Phi) is 4.80. The van der Waals surface area contributed by atoms with Crippen molar-refractivity contribution in [3.8, 4) is 22.8 Å². The van der Waals surface area contributed by atoms with Crippen LogP contribution in [-0.4, -0.2) is 30.7 Å². The molecule has 2 heterocycles. The number of imidazole rings is 1. The summed E-state index contributed by atoms with van der Waals surface area (Å²) in [6, 6.07) is 15.5. The van der Waals surface area contributed by atoms with Crippen LogP contribution in [-0.2, 0) is 5.60 Å². The fraction of sp³-hybridized carbons (Fsp3) is 0.261. The van der Waals surface area contributed by atoms with Crippen LogP contribution in [0.5, 0.6) is 5.75 Å². The summed E-state index contributed by atoms with van der Waals surface area (Å²) < 4.78 is 7.65. The molecule has 0 fully saturated rings. The number of benzene rings is 2. The minimum atomic E-state index is -0.882. The molecule has 0 aliphatic heterocycles. The minimum absolute atomic E-state index is 0.132. The molecule has 29 heavy (non-hydrogen) atoms. The van der Waals surface area contributed by atoms with Crippen molar-refractivity contribution in [2.24, 2.45) is 0 Å². The standard InChI is InChI=1S/C23H24N4O2/c1-15(2)29-19-11-9-18(10-12-19)27-14-25-20-13-24-21(26-22(20)27)16-5-7-17(8-6-16)23(3,4)28/h5-15,28H,1-4H3. The monoisotopic (exact) mass is 388 g/mol. The number of hydrogen-bond donors (Lipinski definition) is 1. The van der Waals surface area contributed by atoms with E-state index in [0.717, 1.165) is 33.7 Å². The molecule has 0 saturated heterocycles. The lowest BCUT2D eigenvalue weighted by atomic mass is 9.97. The molecule has 0 saturated carbocycles. The van der Waals surface area contributed by atoms with E-state index in [1.165, 1.54) is 0 Å². The lowest BCUT2D eigenvalue weighted by molar-refractivity contribution is 0.0786. The lowest BCUT2D eigenvalue weighted by Gasteiger charge is -2.17. The van der Waals surface area contributed by atoms with E-state index in [-0.39, 0.29) is 6.10 Å². The van der Waals surface area contributed by atoms with Gasteiger partial charge in [0, 0.05) is 11.3 Å². The molecule has 0 aliphatic rings. The number of fused-ring (bicyclic) bond motifs is 1. The molecule has 0 aliphatic carbocycles. The first-order valence-electron chi connectivity index (χ1n) is 9.62. The molecule has 2 aromatic heterocycles. The number of hydrogen-bond acceptors (Lipinski definition) is 5. The minimum Gasteiger partial charge on any atom is -0.491 e. The Morgan fingerprint density at radius 3 is 2.28 bits per heavy atom. The van der Waals surface area contributed by atoms with E-state index in [4.69, 9.17) is 9.72 Å². The van der Waals surface area contributed by atoms with Crippen LogP contribution < -0.4 is 4.74 Å². The van der Waals surface area contributed by atoms with Gasteiger partial charge in [-0.25, -0.2) is 15.0 Å². The smallest absolute Gasteiger partial charge is 0.168 e. The summed E-state index contributed by atoms with van der Waals surface area (Å²) in [7, 11) is 0. The maximum Gasteiger partial charge on any atom is 0.168 e. The zero-order valence-electron chi connectivity index (χ0n) is 17.0. The van der Waals surface area contributed by atoms with Crippen LogP contribution >= 0.6 is 0 Å². The number of ether oxygens (including phenoxy) is 1. The Labute approximate surface area is 169 Å². The Hall–Kier alpha value is -3.25. The van der Waals surface area contributed by atoms with Crippen LogP contribution in [0.3, 0.4) is 0 Å². The fourth-order valence-electron chi connectivity index (χ4n) is 3.12. The molecule has 2 aromatic carbocycles. The molecule has 4 aromatic rings. The molecule has 148 valence electrons. The first-order valence-corrected chi connectivity index (χ1v) is 9.62. The molecule has 0 radical (unpaired) electrons. The second kappa shape index (κ2) is 7.29. The third-order valence-corrected chi connectivity index (χ3v) is 4.63. The Morgan fingerprint density at radius 1 is 0.966 bits per heavy atom. The predicted octanol–water partition coefficient (Wildman–Crippen LogP) is 4.50. The number of aromatic nitrogens is 4. The summed E-state index contributed by atoms with van der Waals surface area (Å²) in [6.45, 7) is 7.54. The number of rotatable bonds is 5. The van der Waals surface area contributed by atoms with Crippen LogP contribution in [0.15, 0.2) is 61.1 Å². The van der Waals surface area contributed by atoms with E-state index in [1.807, 2.05) is 66.9 Å². The average Bonchev–Trinajstić information content (AvgIpc) is 3.11. The molecule has 0 bridgehead atoms. The van der Waals surface area contributed by atoms with Gasteiger partial charge in [-0.3, -0.25) is 4.57 Å². The van der Waals surface area contributed by atoms with E-state index in [0.29, 0.717) is 5.82 Å². The quantitative estimate of drug-likeness (QED) is 0.545. The third-order valence-electron chi connectivity index (χ3n) is 4.63. The average molecular weight is 388 g/mol. The topological polar surface area (TPSA) is 73.1 Å². The summed E-state index contributed by atoms with van der Waals surface area (Å²) >= 11 is 0. The lowest BCUT2D eigenvalue weighted by Crippen LogP contribution is -2.14. The number of aliphatic hydroxyl groups is 1. The first-order chi connectivity index (χ1) is 13.8. The van der Waals surface area contributed by atoms with Crippen molar-refractivity contribution in [2.75, 3.05) is 0 Å². The van der Waals surface area contributed by atoms with Gasteiger partial charge < -0.3 is 9.84 Å². The molecule has 0 unspecified atom stereocenters. The molecule has 1 N–H and O–H groups in total. The van der Waals surface area contributed by atoms with Gasteiger partial charge in [0.2, 0.25) is 0 Å². The van der Waals surface area contributed by atoms with Gasteiger partial charge in [-0.1, -0.05) is 24.3 Å². The Bertz CT molecular complexity index is 1120. The van der Waals surface area contributed by atoms with Crippen molar-refractivity contribution < 1.29 is 9.84 Å². The zero-order chi connectivity index (χ0) is 20.6. The van der Waals surface area contributed by atoms with E-state index in [9.17, 15) is 5.11 Å². The van der Waals surface area contributed by atoms with Gasteiger partial charge in [-0.2, -0.15) is 0 Å². The van der Waals surface area contributed by atoms with Gasteiger partial charge in [0.1, 0.15) is 17.6 Å². The van der Waals surface area contributed by atoms with Gasteiger partial charge in [0.15, 0.2) is 11.5 Å². The maximum atomic E-state index is 10.1. The largest absolute Gasteiger partial charge is 0.491 e. The summed E-state index contributed by atoms with van der Waals surface area (Å²) in [5, 5.41) is 10.1. The molecule has 6 heteroatoms. The van der Waals surface area contributed by atoms with Gasteiger partial charge in [0.05, 0.1) is 17.9 Å². The highest BCUT2D eigenvalue weighted by molar-refractivity contribution is 5.74. The third kappa shape index (κ3) is 3.98. The van der Waals surface area contributed by atoms with Gasteiger partial charge >= 0.3 is 0 Å². The van der Waals surface area contributed by atoms with Crippen LogP contribution in [0.4, 0.5) is 0 Å². The summed E-state index contributed by atoms with van der Waals surface area (Å²) in [6.07, 6.45) is 3.61. The summed E-state index contributed by atoms with van der Waals surface area (Å²) in [4.78, 5) is 13.6. The summed E-state index contributed by atoms with van der Waals surface area (Å²) in [5.74, 6) is 1.44. The van der Waals surface area contributed by atoms with E-state index >= 15 is 0 Å². The van der Waals surface area contributed by atoms with Crippen molar-refractivity contribution in [3.05, 3.63) is 66.6 Å². The van der Waals surface area contributed by atoms with Crippen molar-refractivity contribution in [1.29, 1.82) is 0 Å². The zero-order valence-corrected chi connectivity index (χ0v) is 17.0. The SMILES string of the molecule is CC(C)Oc1ccc(-n2cnc3cnc(-c4ccc(C(C)(C)O)cc4)nc32)cc1. The van der Waals surface area contributed by atoms with Crippen LogP contribution in [0.2, 0.25) is 0 Å². The fourth-order valence-corrected chi connectivity index (χ4v) is 3.12. The Balaban J connectivity index is 1.69. The Morgan fingerprint density at radius 2 is 1.66 bits per heavy atom. The van der Waals surface area contributed by atoms with Crippen LogP contribution in [0, 0.1) is 0 Å².